The van der Waals surface area contributed by atoms with Gasteiger partial charge in [-0.1, -0.05) is 17.7 Å². The lowest BCUT2D eigenvalue weighted by molar-refractivity contribution is 0.427. The van der Waals surface area contributed by atoms with Crippen LogP contribution in [0.4, 0.5) is 4.39 Å². The smallest absolute Gasteiger partial charge is 0.238 e. The highest BCUT2D eigenvalue weighted by Gasteiger charge is 2.11. The molecule has 1 aromatic heterocycles. The van der Waals surface area contributed by atoms with Crippen molar-refractivity contribution in [1.82, 2.24) is 4.98 Å². The number of nitrogens with zero attached hydrogens (tertiary/aromatic N) is 1. The van der Waals surface area contributed by atoms with Crippen molar-refractivity contribution in [3.8, 4) is 11.6 Å². The molecule has 0 radical (unpaired) electrons. The van der Waals surface area contributed by atoms with E-state index >= 15 is 0 Å². The van der Waals surface area contributed by atoms with Crippen molar-refractivity contribution in [2.45, 2.75) is 13.5 Å². The number of rotatable bonds is 3. The van der Waals surface area contributed by atoms with Gasteiger partial charge in [-0.2, -0.15) is 0 Å². The third-order valence-electron chi connectivity index (χ3n) is 2.45. The Hall–Kier alpha value is -1.65. The predicted molar refractivity (Wildman–Crippen MR) is 68.3 cm³/mol. The molecular formula is C13H12ClFN2O. The Labute approximate surface area is 109 Å². The van der Waals surface area contributed by atoms with E-state index in [-0.39, 0.29) is 18.2 Å². The van der Waals surface area contributed by atoms with E-state index in [0.717, 1.165) is 5.56 Å². The molecular weight excluding hydrogens is 255 g/mol. The number of benzene rings is 1. The summed E-state index contributed by atoms with van der Waals surface area (Å²) in [6.07, 6.45) is 1.52. The van der Waals surface area contributed by atoms with E-state index in [2.05, 4.69) is 4.98 Å². The summed E-state index contributed by atoms with van der Waals surface area (Å²) in [5.41, 5.74) is 7.12. The van der Waals surface area contributed by atoms with Gasteiger partial charge in [-0.05, 0) is 36.2 Å². The maximum atomic E-state index is 13.5. The highest BCUT2D eigenvalue weighted by molar-refractivity contribution is 6.32. The number of pyridine rings is 1. The van der Waals surface area contributed by atoms with Crippen molar-refractivity contribution in [3.05, 3.63) is 52.4 Å². The molecule has 2 aromatic rings. The lowest BCUT2D eigenvalue weighted by Crippen LogP contribution is -2.00. The zero-order chi connectivity index (χ0) is 13.1. The van der Waals surface area contributed by atoms with E-state index in [1.807, 2.05) is 6.92 Å². The molecule has 1 heterocycles. The quantitative estimate of drug-likeness (QED) is 0.926. The van der Waals surface area contributed by atoms with Crippen LogP contribution in [0.3, 0.4) is 0 Å². The molecule has 2 rings (SSSR count). The molecule has 0 unspecified atom stereocenters. The fourth-order valence-electron chi connectivity index (χ4n) is 1.48. The first-order valence-electron chi connectivity index (χ1n) is 5.39. The van der Waals surface area contributed by atoms with E-state index in [0.29, 0.717) is 10.6 Å². The first-order valence-corrected chi connectivity index (χ1v) is 5.77. The molecule has 0 atom stereocenters. The minimum Gasteiger partial charge on any atom is -0.434 e. The summed E-state index contributed by atoms with van der Waals surface area (Å²) in [5.74, 6) is -0.209. The highest BCUT2D eigenvalue weighted by Crippen LogP contribution is 2.31. The number of nitrogens with two attached hydrogens (primary N) is 1. The number of hydrogen-bond acceptors (Lipinski definition) is 3. The maximum absolute atomic E-state index is 13.5. The number of halogens is 2. The number of hydrogen-bond donors (Lipinski definition) is 1. The Morgan fingerprint density at radius 3 is 2.89 bits per heavy atom. The van der Waals surface area contributed by atoms with Crippen molar-refractivity contribution < 1.29 is 9.13 Å². The lowest BCUT2D eigenvalue weighted by Gasteiger charge is -2.09. The van der Waals surface area contributed by atoms with Gasteiger partial charge in [-0.3, -0.25) is 0 Å². The van der Waals surface area contributed by atoms with Crippen LogP contribution in [0.5, 0.6) is 11.6 Å². The molecule has 0 amide bonds. The average molecular weight is 267 g/mol. The first-order chi connectivity index (χ1) is 8.61. The molecule has 0 spiro atoms. The zero-order valence-corrected chi connectivity index (χ0v) is 10.5. The number of ether oxygens (including phenoxy) is 1. The Kier molecular flexibility index (Phi) is 3.79. The highest BCUT2D eigenvalue weighted by atomic mass is 35.5. The van der Waals surface area contributed by atoms with E-state index in [4.69, 9.17) is 22.1 Å². The van der Waals surface area contributed by atoms with Gasteiger partial charge >= 0.3 is 0 Å². The van der Waals surface area contributed by atoms with Crippen molar-refractivity contribution >= 4 is 11.6 Å². The SMILES string of the molecule is Cc1ccc(F)c(Oc2nccc(CN)c2Cl)c1. The summed E-state index contributed by atoms with van der Waals surface area (Å²) in [6, 6.07) is 6.28. The minimum absolute atomic E-state index is 0.0959. The molecule has 3 nitrogen and oxygen atoms in total. The van der Waals surface area contributed by atoms with Gasteiger partial charge < -0.3 is 10.5 Å². The van der Waals surface area contributed by atoms with Crippen LogP contribution < -0.4 is 10.5 Å². The van der Waals surface area contributed by atoms with Gasteiger partial charge in [0.05, 0.1) is 0 Å². The second kappa shape index (κ2) is 5.33. The number of aromatic nitrogens is 1. The first kappa shape index (κ1) is 12.8. The maximum Gasteiger partial charge on any atom is 0.238 e. The Bertz CT molecular complexity index is 575. The minimum atomic E-state index is -0.461. The van der Waals surface area contributed by atoms with Crippen LogP contribution in [0.2, 0.25) is 5.02 Å². The molecule has 94 valence electrons. The van der Waals surface area contributed by atoms with Crippen molar-refractivity contribution in [3.63, 3.8) is 0 Å². The largest absolute Gasteiger partial charge is 0.434 e. The molecule has 0 aliphatic rings. The van der Waals surface area contributed by atoms with Gasteiger partial charge in [0.15, 0.2) is 11.6 Å². The van der Waals surface area contributed by atoms with Crippen LogP contribution in [0.15, 0.2) is 30.5 Å². The van der Waals surface area contributed by atoms with Gasteiger partial charge in [0, 0.05) is 12.7 Å². The molecule has 0 aliphatic heterocycles. The second-order valence-electron chi connectivity index (χ2n) is 3.83. The second-order valence-corrected chi connectivity index (χ2v) is 4.21. The Morgan fingerprint density at radius 2 is 2.17 bits per heavy atom. The van der Waals surface area contributed by atoms with Crippen LogP contribution in [0.25, 0.3) is 0 Å². The summed E-state index contributed by atoms with van der Waals surface area (Å²) in [7, 11) is 0. The summed E-state index contributed by atoms with van der Waals surface area (Å²) in [5, 5.41) is 0.306. The lowest BCUT2D eigenvalue weighted by atomic mass is 10.2. The van der Waals surface area contributed by atoms with Crippen LogP contribution in [0.1, 0.15) is 11.1 Å². The van der Waals surface area contributed by atoms with Crippen molar-refractivity contribution in [2.75, 3.05) is 0 Å². The standard InChI is InChI=1S/C13H12ClFN2O/c1-8-2-3-10(15)11(6-8)18-13-12(14)9(7-16)4-5-17-13/h2-6H,7,16H2,1H3. The molecule has 0 fully saturated rings. The van der Waals surface area contributed by atoms with Crippen LogP contribution >= 0.6 is 11.6 Å². The van der Waals surface area contributed by atoms with Crippen molar-refractivity contribution in [1.29, 1.82) is 0 Å². The summed E-state index contributed by atoms with van der Waals surface area (Å²) in [6.45, 7) is 2.12. The van der Waals surface area contributed by atoms with Crippen LogP contribution in [-0.4, -0.2) is 4.98 Å². The zero-order valence-electron chi connectivity index (χ0n) is 9.78. The van der Waals surface area contributed by atoms with Gasteiger partial charge in [-0.15, -0.1) is 0 Å². The fraction of sp³-hybridized carbons (Fsp3) is 0.154. The average Bonchev–Trinajstić information content (AvgIpc) is 2.36. The molecule has 0 bridgehead atoms. The Balaban J connectivity index is 2.37. The van der Waals surface area contributed by atoms with Gasteiger partial charge in [0.25, 0.3) is 0 Å². The molecule has 5 heteroatoms. The van der Waals surface area contributed by atoms with E-state index in [1.54, 1.807) is 18.2 Å². The van der Waals surface area contributed by atoms with Crippen LogP contribution in [0, 0.1) is 12.7 Å². The van der Waals surface area contributed by atoms with Gasteiger partial charge in [0.1, 0.15) is 5.02 Å². The molecule has 18 heavy (non-hydrogen) atoms. The normalized spacial score (nSPS) is 10.4. The summed E-state index contributed by atoms with van der Waals surface area (Å²) >= 11 is 6.06. The molecule has 1 aromatic carbocycles. The molecule has 2 N–H and O–H groups in total. The molecule has 0 saturated carbocycles. The predicted octanol–water partition coefficient (Wildman–Crippen LogP) is 3.43. The third-order valence-corrected chi connectivity index (χ3v) is 2.85. The van der Waals surface area contributed by atoms with E-state index < -0.39 is 5.82 Å². The van der Waals surface area contributed by atoms with Crippen LogP contribution in [-0.2, 0) is 6.54 Å². The van der Waals surface area contributed by atoms with Gasteiger partial charge in [-0.25, -0.2) is 9.37 Å². The molecule has 0 saturated heterocycles. The van der Waals surface area contributed by atoms with E-state index in [9.17, 15) is 4.39 Å². The van der Waals surface area contributed by atoms with Crippen molar-refractivity contribution in [2.24, 2.45) is 5.73 Å². The van der Waals surface area contributed by atoms with E-state index in [1.165, 1.54) is 12.3 Å². The van der Waals surface area contributed by atoms with Gasteiger partial charge in [0.2, 0.25) is 5.88 Å². The number of aryl methyl sites for hydroxylation is 1. The Morgan fingerprint density at radius 1 is 1.39 bits per heavy atom. The summed E-state index contributed by atoms with van der Waals surface area (Å²) in [4.78, 5) is 3.98. The summed E-state index contributed by atoms with van der Waals surface area (Å²) < 4.78 is 18.9. The molecule has 0 aliphatic carbocycles. The monoisotopic (exact) mass is 266 g/mol. The topological polar surface area (TPSA) is 48.1 Å². The fourth-order valence-corrected chi connectivity index (χ4v) is 1.71. The third kappa shape index (κ3) is 2.60.